The minimum absolute atomic E-state index is 0.178. The van der Waals surface area contributed by atoms with E-state index in [-0.39, 0.29) is 12.5 Å². The van der Waals surface area contributed by atoms with Crippen molar-refractivity contribution in [2.24, 2.45) is 0 Å². The molecule has 0 spiro atoms. The number of hydrogen-bond donors (Lipinski definition) is 6. The third kappa shape index (κ3) is 29.5. The number of hydrogen-bond acceptors (Lipinski definition) is 8. The topological polar surface area (TPSA) is 149 Å². The second-order valence-corrected chi connectivity index (χ2v) is 16.9. The van der Waals surface area contributed by atoms with Crippen molar-refractivity contribution >= 4 is 5.91 Å². The second kappa shape index (κ2) is 38.8. The molecule has 1 saturated heterocycles. The first kappa shape index (κ1) is 53.7. The van der Waals surface area contributed by atoms with Crippen molar-refractivity contribution in [2.45, 2.75) is 262 Å². The third-order valence-electron chi connectivity index (χ3n) is 11.5. The van der Waals surface area contributed by atoms with E-state index in [9.17, 15) is 30.3 Å². The number of unbranched alkanes of at least 4 members (excludes halogenated alkanes) is 28. The first-order valence-electron chi connectivity index (χ1n) is 24.1. The van der Waals surface area contributed by atoms with Gasteiger partial charge in [-0.05, 0) is 44.9 Å². The third-order valence-corrected chi connectivity index (χ3v) is 11.5. The SMILES string of the molecule is CCCCCCCCCC/C=C\CCCCCCCCCCCCCC(=O)NC(COC1OC(CO)C(O)C(O)C1O)C(O)/C=C/CCCCCCCCCCC. The highest BCUT2D eigenvalue weighted by Gasteiger charge is 2.44. The molecule has 0 aliphatic carbocycles. The van der Waals surface area contributed by atoms with Gasteiger partial charge >= 0.3 is 0 Å². The van der Waals surface area contributed by atoms with Gasteiger partial charge in [0.15, 0.2) is 6.29 Å². The molecule has 0 aromatic heterocycles. The Morgan fingerprint density at radius 2 is 0.982 bits per heavy atom. The van der Waals surface area contributed by atoms with Crippen LogP contribution in [0.25, 0.3) is 0 Å². The molecule has 57 heavy (non-hydrogen) atoms. The fraction of sp³-hybridized carbons (Fsp3) is 0.896. The van der Waals surface area contributed by atoms with Gasteiger partial charge in [0.1, 0.15) is 24.4 Å². The molecule has 0 aromatic carbocycles. The van der Waals surface area contributed by atoms with Gasteiger partial charge in [-0.25, -0.2) is 0 Å². The van der Waals surface area contributed by atoms with Gasteiger partial charge in [-0.3, -0.25) is 4.79 Å². The van der Waals surface area contributed by atoms with E-state index in [2.05, 4.69) is 31.3 Å². The maximum absolute atomic E-state index is 13.0. The van der Waals surface area contributed by atoms with Gasteiger partial charge in [-0.2, -0.15) is 0 Å². The lowest BCUT2D eigenvalue weighted by Crippen LogP contribution is -2.60. The second-order valence-electron chi connectivity index (χ2n) is 16.9. The van der Waals surface area contributed by atoms with E-state index >= 15 is 0 Å². The summed E-state index contributed by atoms with van der Waals surface area (Å²) in [7, 11) is 0. The van der Waals surface area contributed by atoms with Crippen LogP contribution in [0.1, 0.15) is 219 Å². The van der Waals surface area contributed by atoms with Gasteiger partial charge < -0.3 is 40.3 Å². The lowest BCUT2D eigenvalue weighted by Gasteiger charge is -2.40. The predicted octanol–water partition coefficient (Wildman–Crippen LogP) is 10.3. The zero-order valence-electron chi connectivity index (χ0n) is 36.9. The maximum Gasteiger partial charge on any atom is 0.220 e. The van der Waals surface area contributed by atoms with E-state index in [1.165, 1.54) is 161 Å². The van der Waals surface area contributed by atoms with Crippen molar-refractivity contribution < 1.29 is 39.8 Å². The molecular formula is C48H91NO8. The van der Waals surface area contributed by atoms with E-state index in [1.54, 1.807) is 6.08 Å². The molecule has 336 valence electrons. The number of rotatable bonds is 40. The van der Waals surface area contributed by atoms with E-state index < -0.39 is 49.5 Å². The predicted molar refractivity (Wildman–Crippen MR) is 235 cm³/mol. The molecule has 6 N–H and O–H groups in total. The average Bonchev–Trinajstić information content (AvgIpc) is 3.21. The van der Waals surface area contributed by atoms with Crippen LogP contribution in [-0.4, -0.2) is 87.5 Å². The maximum atomic E-state index is 13.0. The number of allylic oxidation sites excluding steroid dienone is 3. The number of amides is 1. The van der Waals surface area contributed by atoms with Gasteiger partial charge in [-0.1, -0.05) is 192 Å². The van der Waals surface area contributed by atoms with Crippen LogP contribution >= 0.6 is 0 Å². The van der Waals surface area contributed by atoms with Gasteiger partial charge in [0.05, 0.1) is 25.4 Å². The fourth-order valence-electron chi connectivity index (χ4n) is 7.62. The summed E-state index contributed by atoms with van der Waals surface area (Å²) in [5, 5.41) is 54.1. The van der Waals surface area contributed by atoms with Crippen molar-refractivity contribution in [1.82, 2.24) is 5.32 Å². The quantitative estimate of drug-likeness (QED) is 0.0265. The summed E-state index contributed by atoms with van der Waals surface area (Å²) in [6, 6.07) is -0.801. The van der Waals surface area contributed by atoms with Crippen LogP contribution in [0.2, 0.25) is 0 Å². The number of aliphatic hydroxyl groups excluding tert-OH is 5. The van der Waals surface area contributed by atoms with Crippen LogP contribution in [-0.2, 0) is 14.3 Å². The minimum Gasteiger partial charge on any atom is -0.394 e. The van der Waals surface area contributed by atoms with E-state index in [4.69, 9.17) is 9.47 Å². The Labute approximate surface area is 349 Å². The monoisotopic (exact) mass is 810 g/mol. The minimum atomic E-state index is -1.56. The Morgan fingerprint density at radius 3 is 1.42 bits per heavy atom. The molecule has 7 unspecified atom stereocenters. The summed E-state index contributed by atoms with van der Waals surface area (Å²) >= 11 is 0. The molecule has 1 heterocycles. The Bertz CT molecular complexity index is 945. The average molecular weight is 810 g/mol. The van der Waals surface area contributed by atoms with Crippen molar-refractivity contribution in [3.8, 4) is 0 Å². The van der Waals surface area contributed by atoms with Crippen LogP contribution in [0.15, 0.2) is 24.3 Å². The molecule has 0 aromatic rings. The number of carbonyl (C=O) groups is 1. The van der Waals surface area contributed by atoms with E-state index in [1.807, 2.05) is 6.08 Å². The molecule has 1 rings (SSSR count). The summed E-state index contributed by atoms with van der Waals surface area (Å²) in [5.41, 5.74) is 0. The Kier molecular flexibility index (Phi) is 36.6. The number of nitrogens with one attached hydrogen (secondary N) is 1. The summed E-state index contributed by atoms with van der Waals surface area (Å²) in [5.74, 6) is -0.178. The van der Waals surface area contributed by atoms with Gasteiger partial charge in [0, 0.05) is 6.42 Å². The summed E-state index contributed by atoms with van der Waals surface area (Å²) in [6.45, 7) is 3.76. The first-order chi connectivity index (χ1) is 27.8. The zero-order valence-corrected chi connectivity index (χ0v) is 36.9. The Morgan fingerprint density at radius 1 is 0.579 bits per heavy atom. The molecule has 0 radical (unpaired) electrons. The molecule has 9 heteroatoms. The van der Waals surface area contributed by atoms with Crippen LogP contribution in [0.3, 0.4) is 0 Å². The van der Waals surface area contributed by atoms with E-state index in [0.717, 1.165) is 38.5 Å². The Balaban J connectivity index is 2.25. The molecule has 9 nitrogen and oxygen atoms in total. The van der Waals surface area contributed by atoms with Crippen molar-refractivity contribution in [2.75, 3.05) is 13.2 Å². The smallest absolute Gasteiger partial charge is 0.220 e. The molecule has 7 atom stereocenters. The number of carbonyl (C=O) groups excluding carboxylic acids is 1. The fourth-order valence-corrected chi connectivity index (χ4v) is 7.62. The Hall–Kier alpha value is -1.33. The molecule has 1 fully saturated rings. The molecule has 0 bridgehead atoms. The van der Waals surface area contributed by atoms with Gasteiger partial charge in [-0.15, -0.1) is 0 Å². The van der Waals surface area contributed by atoms with Gasteiger partial charge in [0.25, 0.3) is 0 Å². The standard InChI is InChI=1S/C48H91NO8/c1-3-5-7-9-11-13-15-16-17-18-19-20-21-22-23-24-25-26-28-30-32-34-36-38-44(52)49-41(40-56-48-47(55)46(54)45(53)43(39-50)57-48)42(51)37-35-33-31-29-27-14-12-10-8-6-4-2/h18-19,35,37,41-43,45-48,50-51,53-55H,3-17,20-34,36,38-40H2,1-2H3,(H,49,52)/b19-18-,37-35+. The van der Waals surface area contributed by atoms with Crippen LogP contribution in [0.5, 0.6) is 0 Å². The lowest BCUT2D eigenvalue weighted by atomic mass is 9.99. The largest absolute Gasteiger partial charge is 0.394 e. The molecule has 1 aliphatic heterocycles. The lowest BCUT2D eigenvalue weighted by molar-refractivity contribution is -0.302. The number of ether oxygens (including phenoxy) is 2. The summed E-state index contributed by atoms with van der Waals surface area (Å²) < 4.78 is 11.2. The van der Waals surface area contributed by atoms with Crippen LogP contribution in [0, 0.1) is 0 Å². The highest BCUT2D eigenvalue weighted by atomic mass is 16.7. The van der Waals surface area contributed by atoms with Crippen molar-refractivity contribution in [1.29, 1.82) is 0 Å². The molecule has 1 amide bonds. The van der Waals surface area contributed by atoms with Crippen molar-refractivity contribution in [3.05, 3.63) is 24.3 Å². The molecule has 0 saturated carbocycles. The van der Waals surface area contributed by atoms with Crippen LogP contribution in [0.4, 0.5) is 0 Å². The summed E-state index contributed by atoms with van der Waals surface area (Å²) in [6.07, 6.45) is 39.4. The summed E-state index contributed by atoms with van der Waals surface area (Å²) in [4.78, 5) is 13.0. The van der Waals surface area contributed by atoms with Crippen molar-refractivity contribution in [3.63, 3.8) is 0 Å². The van der Waals surface area contributed by atoms with E-state index in [0.29, 0.717) is 6.42 Å². The molecule has 1 aliphatic rings. The van der Waals surface area contributed by atoms with Gasteiger partial charge in [0.2, 0.25) is 5.91 Å². The normalized spacial score (nSPS) is 21.1. The zero-order chi connectivity index (χ0) is 41.6. The highest BCUT2D eigenvalue weighted by Crippen LogP contribution is 2.23. The highest BCUT2D eigenvalue weighted by molar-refractivity contribution is 5.76. The first-order valence-corrected chi connectivity index (χ1v) is 24.1. The number of aliphatic hydroxyl groups is 5. The van der Waals surface area contributed by atoms with Crippen LogP contribution < -0.4 is 5.32 Å². The molecular weight excluding hydrogens is 719 g/mol.